The molecular weight excluding hydrogens is 282 g/mol. The first-order chi connectivity index (χ1) is 10.3. The summed E-state index contributed by atoms with van der Waals surface area (Å²) in [5.41, 5.74) is 9.60. The molecule has 0 aliphatic heterocycles. The number of ether oxygens (including phenoxy) is 1. The lowest BCUT2D eigenvalue weighted by molar-refractivity contribution is -0.0191. The number of benzene rings is 2. The van der Waals surface area contributed by atoms with Gasteiger partial charge in [-0.1, -0.05) is 54.1 Å². The number of fused-ring (bicyclic) bond motifs is 1. The van der Waals surface area contributed by atoms with Crippen LogP contribution in [0.5, 0.6) is 0 Å². The molecule has 0 amide bonds. The van der Waals surface area contributed by atoms with Crippen molar-refractivity contribution in [3.05, 3.63) is 70.2 Å². The minimum Gasteiger partial charge on any atom is -0.364 e. The summed E-state index contributed by atoms with van der Waals surface area (Å²) in [6.07, 6.45) is 3.28. The summed E-state index contributed by atoms with van der Waals surface area (Å²) in [5, 5.41) is 0.719. The Morgan fingerprint density at radius 3 is 2.71 bits per heavy atom. The number of rotatable bonds is 4. The molecule has 2 aromatic carbocycles. The summed E-state index contributed by atoms with van der Waals surface area (Å²) >= 11 is 6.28. The molecule has 2 atom stereocenters. The van der Waals surface area contributed by atoms with Crippen molar-refractivity contribution in [3.8, 4) is 0 Å². The molecule has 3 rings (SSSR count). The van der Waals surface area contributed by atoms with Gasteiger partial charge in [0.15, 0.2) is 0 Å². The van der Waals surface area contributed by atoms with Gasteiger partial charge in [-0.2, -0.15) is 0 Å². The summed E-state index contributed by atoms with van der Waals surface area (Å²) in [6, 6.07) is 16.3. The van der Waals surface area contributed by atoms with Gasteiger partial charge in [0.2, 0.25) is 0 Å². The zero-order chi connectivity index (χ0) is 14.7. The molecule has 2 unspecified atom stereocenters. The maximum Gasteiger partial charge on any atom is 0.0969 e. The van der Waals surface area contributed by atoms with Gasteiger partial charge in [0.25, 0.3) is 0 Å². The van der Waals surface area contributed by atoms with Crippen LogP contribution >= 0.6 is 11.6 Å². The van der Waals surface area contributed by atoms with Crippen molar-refractivity contribution in [2.75, 3.05) is 6.54 Å². The molecule has 0 saturated heterocycles. The Bertz CT molecular complexity index is 614. The van der Waals surface area contributed by atoms with Gasteiger partial charge < -0.3 is 10.5 Å². The molecule has 0 aromatic heterocycles. The van der Waals surface area contributed by atoms with E-state index >= 15 is 0 Å². The largest absolute Gasteiger partial charge is 0.364 e. The van der Waals surface area contributed by atoms with E-state index in [0.717, 1.165) is 29.8 Å². The fraction of sp³-hybridized carbons (Fsp3) is 0.333. The van der Waals surface area contributed by atoms with E-state index in [2.05, 4.69) is 24.3 Å². The number of aryl methyl sites for hydroxylation is 1. The normalized spacial score (nSPS) is 19.0. The van der Waals surface area contributed by atoms with E-state index in [-0.39, 0.29) is 12.2 Å². The van der Waals surface area contributed by atoms with Crippen molar-refractivity contribution >= 4 is 11.6 Å². The molecule has 110 valence electrons. The van der Waals surface area contributed by atoms with E-state index in [9.17, 15) is 0 Å². The van der Waals surface area contributed by atoms with Crippen LogP contribution in [0.1, 0.15) is 41.7 Å². The molecule has 21 heavy (non-hydrogen) atoms. The van der Waals surface area contributed by atoms with Crippen LogP contribution in [-0.2, 0) is 11.2 Å². The molecule has 2 aromatic rings. The van der Waals surface area contributed by atoms with E-state index < -0.39 is 0 Å². The molecule has 0 spiro atoms. The zero-order valence-corrected chi connectivity index (χ0v) is 12.7. The molecule has 2 nitrogen and oxygen atoms in total. The molecule has 0 heterocycles. The third-order valence-corrected chi connectivity index (χ3v) is 4.45. The quantitative estimate of drug-likeness (QED) is 0.906. The van der Waals surface area contributed by atoms with Crippen molar-refractivity contribution in [1.82, 2.24) is 0 Å². The average Bonchev–Trinajstić information content (AvgIpc) is 2.53. The monoisotopic (exact) mass is 301 g/mol. The molecule has 1 aliphatic rings. The highest BCUT2D eigenvalue weighted by Crippen LogP contribution is 2.37. The lowest BCUT2D eigenvalue weighted by Gasteiger charge is -2.29. The lowest BCUT2D eigenvalue weighted by atomic mass is 9.89. The van der Waals surface area contributed by atoms with E-state index in [1.54, 1.807) is 0 Å². The average molecular weight is 302 g/mol. The fourth-order valence-corrected chi connectivity index (χ4v) is 3.30. The van der Waals surface area contributed by atoms with Gasteiger partial charge in [0.1, 0.15) is 0 Å². The molecule has 0 fully saturated rings. The van der Waals surface area contributed by atoms with Crippen LogP contribution in [0.4, 0.5) is 0 Å². The van der Waals surface area contributed by atoms with Crippen molar-refractivity contribution in [2.45, 2.75) is 31.5 Å². The van der Waals surface area contributed by atoms with Crippen molar-refractivity contribution < 1.29 is 4.74 Å². The van der Waals surface area contributed by atoms with Crippen LogP contribution in [0, 0.1) is 0 Å². The Hall–Kier alpha value is -1.35. The number of hydrogen-bond donors (Lipinski definition) is 1. The van der Waals surface area contributed by atoms with Gasteiger partial charge in [0, 0.05) is 17.1 Å². The van der Waals surface area contributed by atoms with E-state index in [1.165, 1.54) is 11.1 Å². The Morgan fingerprint density at radius 1 is 1.14 bits per heavy atom. The van der Waals surface area contributed by atoms with Gasteiger partial charge in [-0.15, -0.1) is 0 Å². The number of nitrogens with two attached hydrogens (primary N) is 1. The molecular formula is C18H20ClNO. The van der Waals surface area contributed by atoms with Crippen LogP contribution in [0.3, 0.4) is 0 Å². The summed E-state index contributed by atoms with van der Waals surface area (Å²) in [4.78, 5) is 0. The summed E-state index contributed by atoms with van der Waals surface area (Å²) < 4.78 is 6.32. The predicted molar refractivity (Wildman–Crippen MR) is 86.5 cm³/mol. The first-order valence-electron chi connectivity index (χ1n) is 7.47. The van der Waals surface area contributed by atoms with E-state index in [0.29, 0.717) is 6.54 Å². The Labute approximate surface area is 130 Å². The molecule has 3 heteroatoms. The summed E-state index contributed by atoms with van der Waals surface area (Å²) in [5.74, 6) is 0. The van der Waals surface area contributed by atoms with Crippen molar-refractivity contribution in [3.63, 3.8) is 0 Å². The highest BCUT2D eigenvalue weighted by atomic mass is 35.5. The van der Waals surface area contributed by atoms with Gasteiger partial charge in [-0.05, 0) is 36.5 Å². The van der Waals surface area contributed by atoms with Gasteiger partial charge in [0.05, 0.1) is 12.2 Å². The first-order valence-corrected chi connectivity index (χ1v) is 7.85. The zero-order valence-electron chi connectivity index (χ0n) is 12.0. The maximum atomic E-state index is 6.32. The van der Waals surface area contributed by atoms with Crippen molar-refractivity contribution in [1.29, 1.82) is 0 Å². The molecule has 2 N–H and O–H groups in total. The lowest BCUT2D eigenvalue weighted by Crippen LogP contribution is -2.21. The second kappa shape index (κ2) is 6.61. The molecule has 1 aliphatic carbocycles. The number of hydrogen-bond acceptors (Lipinski definition) is 2. The fourth-order valence-electron chi connectivity index (χ4n) is 3.04. The van der Waals surface area contributed by atoms with Crippen LogP contribution in [0.15, 0.2) is 48.5 Å². The third-order valence-electron chi connectivity index (χ3n) is 4.11. The highest BCUT2D eigenvalue weighted by molar-refractivity contribution is 6.31. The minimum atomic E-state index is -0.158. The van der Waals surface area contributed by atoms with Crippen LogP contribution in [0.25, 0.3) is 0 Å². The van der Waals surface area contributed by atoms with E-state index in [4.69, 9.17) is 22.1 Å². The second-order valence-corrected chi connectivity index (χ2v) is 5.87. The van der Waals surface area contributed by atoms with Gasteiger partial charge in [-0.25, -0.2) is 0 Å². The summed E-state index contributed by atoms with van der Waals surface area (Å²) in [7, 11) is 0. The first kappa shape index (κ1) is 14.6. The smallest absolute Gasteiger partial charge is 0.0969 e. The van der Waals surface area contributed by atoms with Crippen LogP contribution in [-0.4, -0.2) is 6.54 Å². The Morgan fingerprint density at radius 2 is 1.90 bits per heavy atom. The highest BCUT2D eigenvalue weighted by Gasteiger charge is 2.24. The Kier molecular flexibility index (Phi) is 4.59. The standard InChI is InChI=1S/C18H20ClNO/c19-16-10-4-3-9-15(16)18(12-20)21-17-11-5-7-13-6-1-2-8-14(13)17/h1-4,6,8-10,17-18H,5,7,11-12,20H2. The Balaban J connectivity index is 1.84. The number of halogens is 1. The molecule has 0 saturated carbocycles. The van der Waals surface area contributed by atoms with E-state index in [1.807, 2.05) is 24.3 Å². The van der Waals surface area contributed by atoms with Gasteiger partial charge >= 0.3 is 0 Å². The molecule has 0 radical (unpaired) electrons. The minimum absolute atomic E-state index is 0.111. The van der Waals surface area contributed by atoms with Crippen LogP contribution < -0.4 is 5.73 Å². The van der Waals surface area contributed by atoms with Crippen molar-refractivity contribution in [2.24, 2.45) is 5.73 Å². The summed E-state index contributed by atoms with van der Waals surface area (Å²) in [6.45, 7) is 0.433. The molecule has 0 bridgehead atoms. The topological polar surface area (TPSA) is 35.2 Å². The maximum absolute atomic E-state index is 6.32. The second-order valence-electron chi connectivity index (χ2n) is 5.46. The SMILES string of the molecule is NCC(OC1CCCc2ccccc21)c1ccccc1Cl. The van der Waals surface area contributed by atoms with Gasteiger partial charge in [-0.3, -0.25) is 0 Å². The predicted octanol–water partition coefficient (Wildman–Crippen LogP) is 4.43. The third kappa shape index (κ3) is 3.13. The van der Waals surface area contributed by atoms with Crippen LogP contribution in [0.2, 0.25) is 5.02 Å².